The molecule has 1 aromatic rings. The highest BCUT2D eigenvalue weighted by atomic mass is 16.5. The van der Waals surface area contributed by atoms with Crippen molar-refractivity contribution >= 4 is 17.7 Å². The molecule has 0 aliphatic carbocycles. The minimum atomic E-state index is -0.810. The number of carboxylic acid groups (broad SMARTS) is 1. The van der Waals surface area contributed by atoms with Gasteiger partial charge in [0.25, 0.3) is 0 Å². The zero-order valence-corrected chi connectivity index (χ0v) is 14.0. The molecular weight excluding hydrogens is 308 g/mol. The van der Waals surface area contributed by atoms with Gasteiger partial charge < -0.3 is 14.7 Å². The van der Waals surface area contributed by atoms with Crippen LogP contribution >= 0.6 is 0 Å². The van der Waals surface area contributed by atoms with E-state index in [-0.39, 0.29) is 18.0 Å². The van der Waals surface area contributed by atoms with Crippen LogP contribution in [-0.2, 0) is 9.53 Å². The second-order valence-corrected chi connectivity index (χ2v) is 6.61. The fourth-order valence-corrected chi connectivity index (χ4v) is 3.95. The first-order chi connectivity index (χ1) is 11.6. The Balaban J connectivity index is 1.81. The molecule has 6 heteroatoms. The van der Waals surface area contributed by atoms with E-state index in [2.05, 4.69) is 0 Å². The molecule has 6 nitrogen and oxygen atoms in total. The van der Waals surface area contributed by atoms with E-state index in [4.69, 9.17) is 4.74 Å². The maximum Gasteiger partial charge on any atom is 0.324 e. The number of amides is 2. The zero-order valence-electron chi connectivity index (χ0n) is 14.0. The zero-order chi connectivity index (χ0) is 17.2. The third-order valence-electron chi connectivity index (χ3n) is 5.32. The molecule has 1 aromatic carbocycles. The van der Waals surface area contributed by atoms with E-state index < -0.39 is 11.9 Å². The van der Waals surface area contributed by atoms with Gasteiger partial charge in [0.2, 0.25) is 0 Å². The van der Waals surface area contributed by atoms with Gasteiger partial charge in [-0.25, -0.2) is 4.79 Å². The highest BCUT2D eigenvalue weighted by Crippen LogP contribution is 2.44. The molecule has 1 spiro atoms. The lowest BCUT2D eigenvalue weighted by Crippen LogP contribution is -2.44. The van der Waals surface area contributed by atoms with Gasteiger partial charge in [0.15, 0.2) is 0 Å². The van der Waals surface area contributed by atoms with Crippen LogP contribution < -0.4 is 4.90 Å². The lowest BCUT2D eigenvalue weighted by atomic mass is 9.72. The smallest absolute Gasteiger partial charge is 0.324 e. The van der Waals surface area contributed by atoms with E-state index in [0.717, 1.165) is 5.69 Å². The van der Waals surface area contributed by atoms with Crippen molar-refractivity contribution in [1.82, 2.24) is 4.90 Å². The van der Waals surface area contributed by atoms with E-state index >= 15 is 0 Å². The van der Waals surface area contributed by atoms with Crippen LogP contribution in [0.5, 0.6) is 0 Å². The number of nitrogens with zero attached hydrogens (tertiary/aromatic N) is 2. The number of rotatable bonds is 3. The molecule has 2 fully saturated rings. The Hall–Kier alpha value is -2.08. The van der Waals surface area contributed by atoms with E-state index in [1.807, 2.05) is 37.3 Å². The van der Waals surface area contributed by atoms with Crippen LogP contribution in [0.25, 0.3) is 0 Å². The lowest BCUT2D eigenvalue weighted by Gasteiger charge is -2.36. The van der Waals surface area contributed by atoms with Crippen LogP contribution in [0.1, 0.15) is 19.8 Å². The predicted molar refractivity (Wildman–Crippen MR) is 90.0 cm³/mol. The maximum absolute atomic E-state index is 13.0. The van der Waals surface area contributed by atoms with Crippen LogP contribution in [0.4, 0.5) is 10.5 Å². The Morgan fingerprint density at radius 1 is 1.29 bits per heavy atom. The van der Waals surface area contributed by atoms with E-state index in [1.54, 1.807) is 9.80 Å². The predicted octanol–water partition coefficient (Wildman–Crippen LogP) is 2.45. The summed E-state index contributed by atoms with van der Waals surface area (Å²) in [6.45, 7) is 4.39. The highest BCUT2D eigenvalue weighted by molar-refractivity contribution is 5.92. The molecule has 24 heavy (non-hydrogen) atoms. The second kappa shape index (κ2) is 6.81. The van der Waals surface area contributed by atoms with Crippen molar-refractivity contribution in [2.24, 2.45) is 11.3 Å². The van der Waals surface area contributed by atoms with Crippen molar-refractivity contribution in [1.29, 1.82) is 0 Å². The summed E-state index contributed by atoms with van der Waals surface area (Å²) in [6, 6.07) is 9.39. The van der Waals surface area contributed by atoms with E-state index in [1.165, 1.54) is 0 Å². The monoisotopic (exact) mass is 332 g/mol. The number of para-hydroxylation sites is 1. The standard InChI is InChI=1S/C18H24N2O4/c1-2-20(14-6-4-3-5-7-14)17(23)19-12-15(16(21)22)18(13-19)8-10-24-11-9-18/h3-7,15H,2,8-13H2,1H3,(H,21,22). The number of carbonyl (C=O) groups is 2. The molecule has 0 radical (unpaired) electrons. The van der Waals surface area contributed by atoms with Crippen LogP contribution in [-0.4, -0.2) is 54.9 Å². The Kier molecular flexibility index (Phi) is 4.76. The molecule has 1 unspecified atom stereocenters. The molecule has 2 saturated heterocycles. The van der Waals surface area contributed by atoms with Gasteiger partial charge in [0.05, 0.1) is 5.92 Å². The lowest BCUT2D eigenvalue weighted by molar-refractivity contribution is -0.146. The Bertz CT molecular complexity index is 598. The number of likely N-dealkylation sites (tertiary alicyclic amines) is 1. The second-order valence-electron chi connectivity index (χ2n) is 6.61. The summed E-state index contributed by atoms with van der Waals surface area (Å²) >= 11 is 0. The van der Waals surface area contributed by atoms with Gasteiger partial charge in [-0.3, -0.25) is 9.69 Å². The first kappa shape index (κ1) is 16.8. The summed E-state index contributed by atoms with van der Waals surface area (Å²) in [6.07, 6.45) is 1.40. The fourth-order valence-electron chi connectivity index (χ4n) is 3.95. The molecule has 0 aromatic heterocycles. The summed E-state index contributed by atoms with van der Waals surface area (Å²) in [5, 5.41) is 9.65. The number of aliphatic carboxylic acids is 1. The van der Waals surface area contributed by atoms with Crippen molar-refractivity contribution in [3.63, 3.8) is 0 Å². The van der Waals surface area contributed by atoms with Crippen molar-refractivity contribution in [3.05, 3.63) is 30.3 Å². The molecule has 0 bridgehead atoms. The molecule has 1 N–H and O–H groups in total. The summed E-state index contributed by atoms with van der Waals surface area (Å²) in [5.41, 5.74) is 0.486. The summed E-state index contributed by atoms with van der Waals surface area (Å²) in [4.78, 5) is 28.2. The van der Waals surface area contributed by atoms with E-state index in [0.29, 0.717) is 39.1 Å². The van der Waals surface area contributed by atoms with Gasteiger partial charge in [-0.05, 0) is 31.9 Å². The SMILES string of the molecule is CCN(C(=O)N1CC(C(=O)O)C2(CCOCC2)C1)c1ccccc1. The highest BCUT2D eigenvalue weighted by Gasteiger charge is 2.52. The first-order valence-electron chi connectivity index (χ1n) is 8.49. The molecule has 2 aliphatic heterocycles. The molecule has 3 rings (SSSR count). The van der Waals surface area contributed by atoms with Crippen LogP contribution in [0.15, 0.2) is 30.3 Å². The number of carboxylic acids is 1. The quantitative estimate of drug-likeness (QED) is 0.923. The summed E-state index contributed by atoms with van der Waals surface area (Å²) in [5.74, 6) is -1.32. The van der Waals surface area contributed by atoms with Crippen LogP contribution in [0.2, 0.25) is 0 Å². The first-order valence-corrected chi connectivity index (χ1v) is 8.49. The van der Waals surface area contributed by atoms with Gasteiger partial charge in [0, 0.05) is 44.0 Å². The number of ether oxygens (including phenoxy) is 1. The van der Waals surface area contributed by atoms with Crippen molar-refractivity contribution < 1.29 is 19.4 Å². The van der Waals surface area contributed by atoms with Gasteiger partial charge in [-0.15, -0.1) is 0 Å². The minimum Gasteiger partial charge on any atom is -0.481 e. The van der Waals surface area contributed by atoms with Crippen LogP contribution in [0.3, 0.4) is 0 Å². The van der Waals surface area contributed by atoms with Gasteiger partial charge in [-0.1, -0.05) is 18.2 Å². The van der Waals surface area contributed by atoms with E-state index in [9.17, 15) is 14.7 Å². The van der Waals surface area contributed by atoms with Gasteiger partial charge in [-0.2, -0.15) is 0 Å². The van der Waals surface area contributed by atoms with Crippen molar-refractivity contribution in [2.45, 2.75) is 19.8 Å². The maximum atomic E-state index is 13.0. The third-order valence-corrected chi connectivity index (χ3v) is 5.32. The Morgan fingerprint density at radius 3 is 2.54 bits per heavy atom. The third kappa shape index (κ3) is 2.98. The number of benzene rings is 1. The minimum absolute atomic E-state index is 0.113. The summed E-state index contributed by atoms with van der Waals surface area (Å²) < 4.78 is 5.41. The van der Waals surface area contributed by atoms with Gasteiger partial charge >= 0.3 is 12.0 Å². The van der Waals surface area contributed by atoms with Crippen molar-refractivity contribution in [2.75, 3.05) is 37.7 Å². The number of hydrogen-bond acceptors (Lipinski definition) is 3. The molecule has 2 amide bonds. The fraction of sp³-hybridized carbons (Fsp3) is 0.556. The molecular formula is C18H24N2O4. The molecule has 2 heterocycles. The number of urea groups is 1. The topological polar surface area (TPSA) is 70.1 Å². The average molecular weight is 332 g/mol. The molecule has 1 atom stereocenters. The largest absolute Gasteiger partial charge is 0.481 e. The number of anilines is 1. The van der Waals surface area contributed by atoms with Gasteiger partial charge in [0.1, 0.15) is 0 Å². The Morgan fingerprint density at radius 2 is 1.96 bits per heavy atom. The summed E-state index contributed by atoms with van der Waals surface area (Å²) in [7, 11) is 0. The molecule has 130 valence electrons. The van der Waals surface area contributed by atoms with Crippen LogP contribution in [0, 0.1) is 11.3 Å². The number of carbonyl (C=O) groups excluding carboxylic acids is 1. The normalized spacial score (nSPS) is 22.5. The number of hydrogen-bond donors (Lipinski definition) is 1. The Labute approximate surface area is 142 Å². The molecule has 2 aliphatic rings. The molecule has 0 saturated carbocycles. The average Bonchev–Trinajstić information content (AvgIpc) is 2.96. The van der Waals surface area contributed by atoms with Crippen molar-refractivity contribution in [3.8, 4) is 0 Å².